The Balaban J connectivity index is 2.29. The summed E-state index contributed by atoms with van der Waals surface area (Å²) >= 11 is 0. The zero-order valence-electron chi connectivity index (χ0n) is 10.2. The third-order valence-electron chi connectivity index (χ3n) is 3.70. The predicted octanol–water partition coefficient (Wildman–Crippen LogP) is 2.26. The Labute approximate surface area is 97.7 Å². The zero-order valence-corrected chi connectivity index (χ0v) is 10.2. The second-order valence-corrected chi connectivity index (χ2v) is 4.93. The summed E-state index contributed by atoms with van der Waals surface area (Å²) in [6, 6.07) is 6.33. The van der Waals surface area contributed by atoms with Crippen LogP contribution in [0.5, 0.6) is 0 Å². The Bertz CT molecular complexity index is 365. The van der Waals surface area contributed by atoms with Crippen molar-refractivity contribution in [2.24, 2.45) is 0 Å². The van der Waals surface area contributed by atoms with Gasteiger partial charge in [0, 0.05) is 0 Å². The van der Waals surface area contributed by atoms with Gasteiger partial charge in [0.1, 0.15) is 0 Å². The number of hydrogen-bond donors (Lipinski definition) is 2. The summed E-state index contributed by atoms with van der Waals surface area (Å²) in [4.78, 5) is 0. The third-order valence-corrected chi connectivity index (χ3v) is 3.70. The normalized spacial score (nSPS) is 26.4. The van der Waals surface area contributed by atoms with Gasteiger partial charge in [0.2, 0.25) is 0 Å². The molecule has 1 aromatic carbocycles. The van der Waals surface area contributed by atoms with E-state index in [1.807, 2.05) is 0 Å². The van der Waals surface area contributed by atoms with Gasteiger partial charge in [0.25, 0.3) is 0 Å². The Morgan fingerprint density at radius 2 is 1.94 bits per heavy atom. The van der Waals surface area contributed by atoms with Crippen LogP contribution in [0.1, 0.15) is 36.0 Å². The van der Waals surface area contributed by atoms with Crippen molar-refractivity contribution in [3.05, 3.63) is 34.9 Å². The first-order chi connectivity index (χ1) is 7.62. The summed E-state index contributed by atoms with van der Waals surface area (Å²) in [5, 5.41) is 14.0. The molecule has 2 N–H and O–H groups in total. The molecule has 1 fully saturated rings. The Morgan fingerprint density at radius 1 is 1.12 bits per heavy atom. The van der Waals surface area contributed by atoms with Gasteiger partial charge in [-0.1, -0.05) is 18.2 Å². The van der Waals surface area contributed by atoms with Crippen molar-refractivity contribution in [1.29, 1.82) is 0 Å². The summed E-state index contributed by atoms with van der Waals surface area (Å²) in [6.07, 6.45) is 2.72. The monoisotopic (exact) mass is 219 g/mol. The minimum absolute atomic E-state index is 0.623. The highest BCUT2D eigenvalue weighted by Crippen LogP contribution is 2.32. The van der Waals surface area contributed by atoms with Crippen LogP contribution in [0.4, 0.5) is 0 Å². The lowest BCUT2D eigenvalue weighted by Gasteiger charge is -2.27. The van der Waals surface area contributed by atoms with E-state index in [0.29, 0.717) is 0 Å². The van der Waals surface area contributed by atoms with Gasteiger partial charge >= 0.3 is 0 Å². The minimum Gasteiger partial charge on any atom is -0.385 e. The molecule has 0 amide bonds. The van der Waals surface area contributed by atoms with Crippen molar-refractivity contribution in [2.75, 3.05) is 13.1 Å². The van der Waals surface area contributed by atoms with Crippen LogP contribution < -0.4 is 5.32 Å². The maximum absolute atomic E-state index is 10.7. The predicted molar refractivity (Wildman–Crippen MR) is 66.5 cm³/mol. The number of rotatable bonds is 1. The molecule has 1 aliphatic heterocycles. The molecular formula is C14H21NO. The molecule has 1 aliphatic rings. The average Bonchev–Trinajstić information content (AvgIpc) is 2.48. The highest BCUT2D eigenvalue weighted by atomic mass is 16.3. The van der Waals surface area contributed by atoms with Crippen molar-refractivity contribution < 1.29 is 5.11 Å². The van der Waals surface area contributed by atoms with Crippen LogP contribution in [0.25, 0.3) is 0 Å². The summed E-state index contributed by atoms with van der Waals surface area (Å²) in [7, 11) is 0. The molecule has 2 heteroatoms. The van der Waals surface area contributed by atoms with Gasteiger partial charge in [-0.05, 0) is 62.9 Å². The topological polar surface area (TPSA) is 32.3 Å². The quantitative estimate of drug-likeness (QED) is 0.759. The molecule has 0 spiro atoms. The number of nitrogens with one attached hydrogen (secondary N) is 1. The molecule has 88 valence electrons. The molecule has 0 radical (unpaired) electrons. The summed E-state index contributed by atoms with van der Waals surface area (Å²) < 4.78 is 0. The SMILES string of the molecule is Cc1ccc(C2(O)CCCNCC2)cc1C. The van der Waals surface area contributed by atoms with E-state index in [-0.39, 0.29) is 0 Å². The maximum atomic E-state index is 10.7. The van der Waals surface area contributed by atoms with E-state index in [4.69, 9.17) is 0 Å². The van der Waals surface area contributed by atoms with E-state index in [0.717, 1.165) is 37.9 Å². The lowest BCUT2D eigenvalue weighted by molar-refractivity contribution is 0.0240. The maximum Gasteiger partial charge on any atom is 0.0909 e. The van der Waals surface area contributed by atoms with Gasteiger partial charge in [-0.3, -0.25) is 0 Å². The fourth-order valence-electron chi connectivity index (χ4n) is 2.37. The Kier molecular flexibility index (Phi) is 3.31. The summed E-state index contributed by atoms with van der Waals surface area (Å²) in [5.41, 5.74) is 3.02. The first-order valence-corrected chi connectivity index (χ1v) is 6.13. The molecule has 0 aromatic heterocycles. The Morgan fingerprint density at radius 3 is 2.69 bits per heavy atom. The van der Waals surface area contributed by atoms with Gasteiger partial charge in [-0.2, -0.15) is 0 Å². The standard InChI is InChI=1S/C14H21NO/c1-11-4-5-13(10-12(11)2)14(16)6-3-8-15-9-7-14/h4-5,10,15-16H,3,6-9H2,1-2H3. The highest BCUT2D eigenvalue weighted by Gasteiger charge is 2.29. The van der Waals surface area contributed by atoms with Crippen molar-refractivity contribution in [1.82, 2.24) is 5.32 Å². The van der Waals surface area contributed by atoms with Crippen LogP contribution in [0.2, 0.25) is 0 Å². The molecule has 0 saturated carbocycles. The van der Waals surface area contributed by atoms with E-state index < -0.39 is 5.60 Å². The summed E-state index contributed by atoms with van der Waals surface area (Å²) in [6.45, 7) is 6.14. The molecular weight excluding hydrogens is 198 g/mol. The lowest BCUT2D eigenvalue weighted by Crippen LogP contribution is -2.27. The zero-order chi connectivity index (χ0) is 11.6. The van der Waals surface area contributed by atoms with Gasteiger partial charge < -0.3 is 10.4 Å². The fourth-order valence-corrected chi connectivity index (χ4v) is 2.37. The summed E-state index contributed by atoms with van der Waals surface area (Å²) in [5.74, 6) is 0. The molecule has 1 saturated heterocycles. The third kappa shape index (κ3) is 2.28. The average molecular weight is 219 g/mol. The second-order valence-electron chi connectivity index (χ2n) is 4.93. The van der Waals surface area contributed by atoms with Gasteiger partial charge in [-0.15, -0.1) is 0 Å². The Hall–Kier alpha value is -0.860. The molecule has 1 heterocycles. The van der Waals surface area contributed by atoms with Crippen molar-refractivity contribution in [3.8, 4) is 0 Å². The first kappa shape index (κ1) is 11.6. The molecule has 0 aliphatic carbocycles. The van der Waals surface area contributed by atoms with Crippen LogP contribution in [0, 0.1) is 13.8 Å². The van der Waals surface area contributed by atoms with E-state index in [2.05, 4.69) is 37.4 Å². The molecule has 1 aromatic rings. The number of aliphatic hydroxyl groups is 1. The molecule has 0 bridgehead atoms. The molecule has 16 heavy (non-hydrogen) atoms. The van der Waals surface area contributed by atoms with E-state index in [9.17, 15) is 5.11 Å². The van der Waals surface area contributed by atoms with Gasteiger partial charge in [0.15, 0.2) is 0 Å². The molecule has 1 unspecified atom stereocenters. The first-order valence-electron chi connectivity index (χ1n) is 6.13. The van der Waals surface area contributed by atoms with E-state index in [1.54, 1.807) is 0 Å². The van der Waals surface area contributed by atoms with Gasteiger partial charge in [0.05, 0.1) is 5.60 Å². The van der Waals surface area contributed by atoms with Crippen LogP contribution in [-0.2, 0) is 5.60 Å². The fraction of sp³-hybridized carbons (Fsp3) is 0.571. The lowest BCUT2D eigenvalue weighted by atomic mass is 9.85. The van der Waals surface area contributed by atoms with Crippen LogP contribution in [0.15, 0.2) is 18.2 Å². The molecule has 1 atom stereocenters. The van der Waals surface area contributed by atoms with Crippen LogP contribution in [-0.4, -0.2) is 18.2 Å². The van der Waals surface area contributed by atoms with Crippen LogP contribution in [0.3, 0.4) is 0 Å². The van der Waals surface area contributed by atoms with Crippen molar-refractivity contribution >= 4 is 0 Å². The minimum atomic E-state index is -0.623. The number of benzene rings is 1. The second kappa shape index (κ2) is 4.56. The highest BCUT2D eigenvalue weighted by molar-refractivity contribution is 5.33. The van der Waals surface area contributed by atoms with E-state index in [1.165, 1.54) is 11.1 Å². The molecule has 2 rings (SSSR count). The number of aryl methyl sites for hydroxylation is 2. The number of hydrogen-bond acceptors (Lipinski definition) is 2. The van der Waals surface area contributed by atoms with Crippen molar-refractivity contribution in [2.45, 2.75) is 38.7 Å². The van der Waals surface area contributed by atoms with Gasteiger partial charge in [-0.25, -0.2) is 0 Å². The smallest absolute Gasteiger partial charge is 0.0909 e. The van der Waals surface area contributed by atoms with Crippen molar-refractivity contribution in [3.63, 3.8) is 0 Å². The van der Waals surface area contributed by atoms with Crippen LogP contribution >= 0.6 is 0 Å². The largest absolute Gasteiger partial charge is 0.385 e. The molecule has 2 nitrogen and oxygen atoms in total. The van der Waals surface area contributed by atoms with E-state index >= 15 is 0 Å².